The Morgan fingerprint density at radius 1 is 1.12 bits per heavy atom. The molecule has 0 saturated carbocycles. The molecule has 0 N–H and O–H groups in total. The summed E-state index contributed by atoms with van der Waals surface area (Å²) in [6.07, 6.45) is 0.209. The molecule has 4 nitrogen and oxygen atoms in total. The molecule has 0 bridgehead atoms. The van der Waals surface area contributed by atoms with Gasteiger partial charge in [-0.25, -0.2) is 0 Å². The van der Waals surface area contributed by atoms with Crippen molar-refractivity contribution in [1.29, 1.82) is 0 Å². The second-order valence-corrected chi connectivity index (χ2v) is 6.38. The predicted molar refractivity (Wildman–Crippen MR) is 101 cm³/mol. The zero-order valence-electron chi connectivity index (χ0n) is 16.0. The predicted octanol–water partition coefficient (Wildman–Crippen LogP) is 3.21. The van der Waals surface area contributed by atoms with Crippen LogP contribution in [-0.2, 0) is 9.53 Å². The van der Waals surface area contributed by atoms with E-state index < -0.39 is 11.5 Å². The minimum absolute atomic E-state index is 0.201. The Morgan fingerprint density at radius 2 is 1.72 bits per heavy atom. The summed E-state index contributed by atoms with van der Waals surface area (Å²) >= 11 is 0. The van der Waals surface area contributed by atoms with Crippen LogP contribution in [0.25, 0.3) is 0 Å². The third-order valence-electron chi connectivity index (χ3n) is 4.42. The van der Waals surface area contributed by atoms with Crippen molar-refractivity contribution >= 4 is 11.6 Å². The first kappa shape index (κ1) is 21.1. The molecular formula is C21H29NO3. The lowest BCUT2D eigenvalue weighted by molar-refractivity contribution is -0.139. The van der Waals surface area contributed by atoms with Crippen molar-refractivity contribution in [1.82, 2.24) is 4.90 Å². The summed E-state index contributed by atoms with van der Waals surface area (Å²) < 4.78 is 5.29. The number of carbonyl (C=O) groups is 2. The van der Waals surface area contributed by atoms with Gasteiger partial charge >= 0.3 is 0 Å². The average Bonchev–Trinajstić information content (AvgIpc) is 2.64. The topological polar surface area (TPSA) is 46.6 Å². The fourth-order valence-electron chi connectivity index (χ4n) is 2.42. The van der Waals surface area contributed by atoms with Gasteiger partial charge in [-0.2, -0.15) is 0 Å². The van der Waals surface area contributed by atoms with Crippen LogP contribution in [0.4, 0.5) is 0 Å². The van der Waals surface area contributed by atoms with Crippen molar-refractivity contribution in [3.05, 3.63) is 35.9 Å². The van der Waals surface area contributed by atoms with Crippen LogP contribution in [0, 0.1) is 17.8 Å². The molecule has 0 aliphatic heterocycles. The number of hydrogen-bond donors (Lipinski definition) is 0. The summed E-state index contributed by atoms with van der Waals surface area (Å²) in [5, 5.41) is 0. The van der Waals surface area contributed by atoms with E-state index in [1.807, 2.05) is 6.07 Å². The Morgan fingerprint density at radius 3 is 2.24 bits per heavy atom. The highest BCUT2D eigenvalue weighted by atomic mass is 16.5. The smallest absolute Gasteiger partial charge is 0.175 e. The molecule has 0 radical (unpaired) electrons. The lowest BCUT2D eigenvalue weighted by Crippen LogP contribution is -2.41. The molecule has 1 aromatic carbocycles. The summed E-state index contributed by atoms with van der Waals surface area (Å²) in [6, 6.07) is 8.89. The van der Waals surface area contributed by atoms with Gasteiger partial charge in [0.1, 0.15) is 5.60 Å². The first-order chi connectivity index (χ1) is 11.9. The van der Waals surface area contributed by atoms with E-state index in [0.29, 0.717) is 12.1 Å². The van der Waals surface area contributed by atoms with Crippen LogP contribution in [0.1, 0.15) is 44.5 Å². The zero-order valence-corrected chi connectivity index (χ0v) is 16.0. The van der Waals surface area contributed by atoms with Gasteiger partial charge in [0.2, 0.25) is 0 Å². The Bertz CT molecular complexity index is 622. The van der Waals surface area contributed by atoms with Crippen LogP contribution in [-0.4, -0.2) is 48.8 Å². The monoisotopic (exact) mass is 343 g/mol. The largest absolute Gasteiger partial charge is 0.371 e. The number of rotatable bonds is 9. The summed E-state index contributed by atoms with van der Waals surface area (Å²) in [5.74, 6) is 4.85. The lowest BCUT2D eigenvalue weighted by Gasteiger charge is -2.25. The molecule has 1 aromatic rings. The van der Waals surface area contributed by atoms with Gasteiger partial charge in [-0.05, 0) is 26.9 Å². The lowest BCUT2D eigenvalue weighted by atomic mass is 9.84. The number of hydrogen-bond acceptors (Lipinski definition) is 4. The molecule has 0 amide bonds. The van der Waals surface area contributed by atoms with Gasteiger partial charge in [-0.15, -0.1) is 5.92 Å². The van der Waals surface area contributed by atoms with Gasteiger partial charge < -0.3 is 4.74 Å². The highest BCUT2D eigenvalue weighted by Crippen LogP contribution is 2.22. The number of methoxy groups -OCH3 is 1. The maximum atomic E-state index is 12.8. The van der Waals surface area contributed by atoms with Gasteiger partial charge in [-0.3, -0.25) is 14.5 Å². The third kappa shape index (κ3) is 6.12. The molecule has 25 heavy (non-hydrogen) atoms. The van der Waals surface area contributed by atoms with Crippen molar-refractivity contribution in [2.24, 2.45) is 5.92 Å². The van der Waals surface area contributed by atoms with E-state index >= 15 is 0 Å². The summed E-state index contributed by atoms with van der Waals surface area (Å²) in [7, 11) is 1.48. The average molecular weight is 343 g/mol. The van der Waals surface area contributed by atoms with E-state index in [0.717, 1.165) is 13.1 Å². The number of ether oxygens (including phenoxy) is 1. The van der Waals surface area contributed by atoms with E-state index in [1.165, 1.54) is 7.11 Å². The van der Waals surface area contributed by atoms with Crippen LogP contribution < -0.4 is 0 Å². The van der Waals surface area contributed by atoms with Gasteiger partial charge in [0.05, 0.1) is 12.5 Å². The number of benzene rings is 1. The fraction of sp³-hybridized carbons (Fsp3) is 0.524. The van der Waals surface area contributed by atoms with Crippen LogP contribution >= 0.6 is 0 Å². The van der Waals surface area contributed by atoms with E-state index in [2.05, 4.69) is 30.6 Å². The Kier molecular flexibility index (Phi) is 8.54. The number of Topliss-reactive ketones (excluding diaryl/α,β-unsaturated/α-hetero) is 2. The molecule has 0 heterocycles. The third-order valence-corrected chi connectivity index (χ3v) is 4.42. The highest BCUT2D eigenvalue weighted by Gasteiger charge is 2.37. The molecule has 0 aliphatic carbocycles. The standard InChI is InChI=1S/C21H29NO3/c1-6-22(7-2)16-12-11-15-18(20(24)21(3,4)25-5)19(23)17-13-9-8-10-14-17/h8-10,13-14,18H,6-7,15-16H2,1-5H3/t18-/m0/s1. The first-order valence-electron chi connectivity index (χ1n) is 8.74. The van der Waals surface area contributed by atoms with Crippen molar-refractivity contribution < 1.29 is 14.3 Å². The molecule has 1 rings (SSSR count). The molecule has 0 fully saturated rings. The molecular weight excluding hydrogens is 314 g/mol. The maximum Gasteiger partial charge on any atom is 0.175 e. The molecule has 0 saturated heterocycles. The van der Waals surface area contributed by atoms with Crippen LogP contribution in [0.5, 0.6) is 0 Å². The van der Waals surface area contributed by atoms with E-state index in [1.54, 1.807) is 38.1 Å². The molecule has 4 heteroatoms. The van der Waals surface area contributed by atoms with Crippen molar-refractivity contribution in [3.63, 3.8) is 0 Å². The molecule has 0 unspecified atom stereocenters. The van der Waals surface area contributed by atoms with Crippen LogP contribution in [0.3, 0.4) is 0 Å². The zero-order chi connectivity index (χ0) is 18.9. The summed E-state index contributed by atoms with van der Waals surface area (Å²) in [4.78, 5) is 27.8. The Balaban J connectivity index is 2.99. The maximum absolute atomic E-state index is 12.8. The van der Waals surface area contributed by atoms with Crippen LogP contribution in [0.15, 0.2) is 30.3 Å². The Labute approximate surface area is 151 Å². The van der Waals surface area contributed by atoms with Gasteiger partial charge in [-0.1, -0.05) is 50.1 Å². The van der Waals surface area contributed by atoms with Crippen molar-refractivity contribution in [2.45, 2.75) is 39.7 Å². The molecule has 0 aliphatic rings. The second-order valence-electron chi connectivity index (χ2n) is 6.38. The fourth-order valence-corrected chi connectivity index (χ4v) is 2.42. The van der Waals surface area contributed by atoms with Gasteiger partial charge in [0.25, 0.3) is 0 Å². The van der Waals surface area contributed by atoms with E-state index in [4.69, 9.17) is 4.74 Å². The SMILES string of the molecule is CCN(CC)CC#CC[C@@H](C(=O)c1ccccc1)C(=O)C(C)(C)OC. The molecule has 0 aromatic heterocycles. The minimum atomic E-state index is -1.02. The quantitative estimate of drug-likeness (QED) is 0.392. The molecule has 0 spiro atoms. The highest BCUT2D eigenvalue weighted by molar-refractivity contribution is 6.13. The van der Waals surface area contributed by atoms with Gasteiger partial charge in [0.15, 0.2) is 11.6 Å². The number of carbonyl (C=O) groups excluding carboxylic acids is 2. The van der Waals surface area contributed by atoms with E-state index in [9.17, 15) is 9.59 Å². The van der Waals surface area contributed by atoms with E-state index in [-0.39, 0.29) is 18.0 Å². The van der Waals surface area contributed by atoms with Crippen molar-refractivity contribution in [3.8, 4) is 11.8 Å². The van der Waals surface area contributed by atoms with Gasteiger partial charge in [0, 0.05) is 19.1 Å². The van der Waals surface area contributed by atoms with Crippen molar-refractivity contribution in [2.75, 3.05) is 26.7 Å². The normalized spacial score (nSPS) is 12.4. The van der Waals surface area contributed by atoms with Crippen LogP contribution in [0.2, 0.25) is 0 Å². The minimum Gasteiger partial charge on any atom is -0.371 e. The number of nitrogens with zero attached hydrogens (tertiary/aromatic N) is 1. The summed E-state index contributed by atoms with van der Waals surface area (Å²) in [5.41, 5.74) is -0.492. The Hall–Kier alpha value is -1.96. The molecule has 1 atom stereocenters. The second kappa shape index (κ2) is 10.1. The summed E-state index contributed by atoms with van der Waals surface area (Å²) in [6.45, 7) is 10.0. The first-order valence-corrected chi connectivity index (χ1v) is 8.74. The molecule has 136 valence electrons. The number of ketones is 2.